The Morgan fingerprint density at radius 1 is 1.59 bits per heavy atom. The maximum Gasteiger partial charge on any atom is 0.469 e. The van der Waals surface area contributed by atoms with Crippen molar-refractivity contribution in [2.24, 2.45) is 0 Å². The molecule has 1 aromatic rings. The molecule has 0 saturated carbocycles. The fourth-order valence-electron chi connectivity index (χ4n) is 2.16. The van der Waals surface area contributed by atoms with Crippen LogP contribution in [-0.2, 0) is 13.8 Å². The van der Waals surface area contributed by atoms with Gasteiger partial charge in [0.25, 0.3) is 0 Å². The predicted octanol–water partition coefficient (Wildman–Crippen LogP) is -1.41. The van der Waals surface area contributed by atoms with Gasteiger partial charge in [-0.2, -0.15) is 4.98 Å². The molecule has 1 fully saturated rings. The van der Waals surface area contributed by atoms with E-state index in [0.29, 0.717) is 0 Å². The van der Waals surface area contributed by atoms with Gasteiger partial charge in [0.1, 0.15) is 18.4 Å². The number of anilines is 1. The smallest absolute Gasteiger partial charge is 0.469 e. The number of aliphatic hydroxyl groups is 1. The van der Waals surface area contributed by atoms with Gasteiger partial charge < -0.3 is 30.1 Å². The number of rotatable bonds is 5. The molecule has 0 aliphatic carbocycles. The van der Waals surface area contributed by atoms with Crippen LogP contribution in [0.3, 0.4) is 0 Å². The molecule has 11 nitrogen and oxygen atoms in total. The average molecular weight is 337 g/mol. The number of nitrogen functional groups attached to an aromatic ring is 1. The maximum absolute atomic E-state index is 11.5. The van der Waals surface area contributed by atoms with Crippen molar-refractivity contribution in [1.82, 2.24) is 9.55 Å². The van der Waals surface area contributed by atoms with E-state index in [-0.39, 0.29) is 18.1 Å². The molecule has 1 aliphatic heterocycles. The van der Waals surface area contributed by atoms with Crippen molar-refractivity contribution >= 4 is 13.8 Å². The third-order valence-electron chi connectivity index (χ3n) is 3.11. The molecule has 2 heterocycles. The number of hydrogen-bond donors (Lipinski definition) is 4. The molecule has 5 N–H and O–H groups in total. The standard InChI is InChI=1S/C10H16N3O8P/c1-19-6-3-13(10(11)12-9(6)15)8-2-5(7(4-14)20-8)21-22(16,17)18/h3,5,7-8,14H,2,4H2,1H3,(H2,11,12,15)(H2,16,17,18)/t5-,7+,8+/m0/s1. The molecule has 12 heteroatoms. The van der Waals surface area contributed by atoms with Crippen LogP contribution in [0.2, 0.25) is 0 Å². The number of ether oxygens (including phenoxy) is 2. The van der Waals surface area contributed by atoms with Crippen molar-refractivity contribution in [2.75, 3.05) is 19.5 Å². The van der Waals surface area contributed by atoms with Gasteiger partial charge in [-0.3, -0.25) is 13.9 Å². The molecule has 0 bridgehead atoms. The van der Waals surface area contributed by atoms with Crippen molar-refractivity contribution in [3.8, 4) is 5.75 Å². The molecule has 0 amide bonds. The number of aromatic nitrogens is 2. The summed E-state index contributed by atoms with van der Waals surface area (Å²) >= 11 is 0. The van der Waals surface area contributed by atoms with Crippen molar-refractivity contribution in [3.05, 3.63) is 16.6 Å². The number of nitrogens with zero attached hydrogens (tertiary/aromatic N) is 2. The van der Waals surface area contributed by atoms with E-state index in [9.17, 15) is 14.5 Å². The Morgan fingerprint density at radius 2 is 2.27 bits per heavy atom. The fraction of sp³-hybridized carbons (Fsp3) is 0.600. The highest BCUT2D eigenvalue weighted by Gasteiger charge is 2.40. The third kappa shape index (κ3) is 3.64. The van der Waals surface area contributed by atoms with Crippen molar-refractivity contribution < 1.29 is 33.5 Å². The van der Waals surface area contributed by atoms with Gasteiger partial charge in [-0.15, -0.1) is 0 Å². The number of aliphatic hydroxyl groups excluding tert-OH is 1. The largest absolute Gasteiger partial charge is 0.490 e. The molecular weight excluding hydrogens is 321 g/mol. The molecule has 1 aliphatic rings. The monoisotopic (exact) mass is 337 g/mol. The predicted molar refractivity (Wildman–Crippen MR) is 72.0 cm³/mol. The molecule has 1 saturated heterocycles. The summed E-state index contributed by atoms with van der Waals surface area (Å²) in [5, 5.41) is 9.22. The molecule has 0 aromatic carbocycles. The van der Waals surface area contributed by atoms with E-state index in [2.05, 4.69) is 9.51 Å². The second kappa shape index (κ2) is 6.32. The van der Waals surface area contributed by atoms with Crippen LogP contribution in [0.25, 0.3) is 0 Å². The molecule has 3 atom stereocenters. The third-order valence-corrected chi connectivity index (χ3v) is 3.66. The molecule has 0 radical (unpaired) electrons. The fourth-order valence-corrected chi connectivity index (χ4v) is 2.73. The van der Waals surface area contributed by atoms with E-state index >= 15 is 0 Å². The summed E-state index contributed by atoms with van der Waals surface area (Å²) in [6.07, 6.45) is -1.56. The zero-order valence-corrected chi connectivity index (χ0v) is 12.4. The van der Waals surface area contributed by atoms with E-state index in [1.54, 1.807) is 0 Å². The highest BCUT2D eigenvalue weighted by molar-refractivity contribution is 7.46. The van der Waals surface area contributed by atoms with Crippen LogP contribution in [-0.4, -0.2) is 50.4 Å². The van der Waals surface area contributed by atoms with E-state index in [1.165, 1.54) is 17.9 Å². The zero-order chi connectivity index (χ0) is 16.5. The first-order valence-corrected chi connectivity index (χ1v) is 7.71. The summed E-state index contributed by atoms with van der Waals surface area (Å²) in [5.41, 5.74) is 4.99. The maximum atomic E-state index is 11.5. The summed E-state index contributed by atoms with van der Waals surface area (Å²) in [7, 11) is -3.46. The van der Waals surface area contributed by atoms with Crippen LogP contribution in [0.1, 0.15) is 12.6 Å². The molecule has 124 valence electrons. The lowest BCUT2D eigenvalue weighted by atomic mass is 10.2. The number of hydrogen-bond acceptors (Lipinski definition) is 8. The Hall–Kier alpha value is -1.49. The van der Waals surface area contributed by atoms with Gasteiger partial charge >= 0.3 is 13.4 Å². The second-order valence-electron chi connectivity index (χ2n) is 4.56. The number of nitrogens with two attached hydrogens (primary N) is 1. The van der Waals surface area contributed by atoms with Crippen LogP contribution in [0.5, 0.6) is 5.75 Å². The molecule has 1 aromatic heterocycles. The van der Waals surface area contributed by atoms with Gasteiger partial charge in [-0.25, -0.2) is 4.57 Å². The van der Waals surface area contributed by atoms with Crippen LogP contribution < -0.4 is 16.0 Å². The highest BCUT2D eigenvalue weighted by atomic mass is 31.2. The second-order valence-corrected chi connectivity index (χ2v) is 5.75. The first-order chi connectivity index (χ1) is 10.2. The van der Waals surface area contributed by atoms with Crippen molar-refractivity contribution in [2.45, 2.75) is 24.9 Å². The SMILES string of the molecule is COc1cn([C@H]2C[C@H](OP(=O)(O)O)[C@@H](CO)O2)c(N)nc1=O. The molecule has 0 spiro atoms. The minimum atomic E-state index is -4.74. The lowest BCUT2D eigenvalue weighted by molar-refractivity contribution is -0.0435. The van der Waals surface area contributed by atoms with Gasteiger partial charge in [-0.1, -0.05) is 0 Å². The number of phosphoric acid groups is 1. The lowest BCUT2D eigenvalue weighted by Crippen LogP contribution is -2.27. The zero-order valence-electron chi connectivity index (χ0n) is 11.5. The first kappa shape index (κ1) is 16.9. The summed E-state index contributed by atoms with van der Waals surface area (Å²) in [6, 6.07) is 0. The molecule has 2 rings (SSSR count). The lowest BCUT2D eigenvalue weighted by Gasteiger charge is -2.17. The Morgan fingerprint density at radius 3 is 2.82 bits per heavy atom. The van der Waals surface area contributed by atoms with Crippen molar-refractivity contribution in [1.29, 1.82) is 0 Å². The molecule has 22 heavy (non-hydrogen) atoms. The summed E-state index contributed by atoms with van der Waals surface area (Å²) in [4.78, 5) is 32.8. The Kier molecular flexibility index (Phi) is 4.85. The Bertz CT molecular complexity index is 644. The van der Waals surface area contributed by atoms with Crippen LogP contribution in [0, 0.1) is 0 Å². The Labute approximate surface area is 124 Å². The summed E-state index contributed by atoms with van der Waals surface area (Å²) < 4.78 is 27.1. The summed E-state index contributed by atoms with van der Waals surface area (Å²) in [6.45, 7) is -0.508. The van der Waals surface area contributed by atoms with Gasteiger partial charge in [0.15, 0.2) is 0 Å². The Balaban J connectivity index is 2.27. The van der Waals surface area contributed by atoms with Gasteiger partial charge in [0.2, 0.25) is 11.7 Å². The van der Waals surface area contributed by atoms with E-state index in [0.717, 1.165) is 0 Å². The topological polar surface area (TPSA) is 166 Å². The van der Waals surface area contributed by atoms with Gasteiger partial charge in [-0.05, 0) is 0 Å². The molecule has 0 unspecified atom stereocenters. The highest BCUT2D eigenvalue weighted by Crippen LogP contribution is 2.43. The van der Waals surface area contributed by atoms with E-state index < -0.39 is 38.4 Å². The molecular formula is C10H16N3O8P. The van der Waals surface area contributed by atoms with Gasteiger partial charge in [0, 0.05) is 6.42 Å². The average Bonchev–Trinajstić information content (AvgIpc) is 2.79. The first-order valence-electron chi connectivity index (χ1n) is 6.18. The quantitative estimate of drug-likeness (QED) is 0.469. The van der Waals surface area contributed by atoms with Crippen LogP contribution in [0.15, 0.2) is 11.0 Å². The minimum absolute atomic E-state index is 0.00571. The summed E-state index contributed by atoms with van der Waals surface area (Å²) in [5.74, 6) is -0.234. The normalized spacial score (nSPS) is 25.4. The van der Waals surface area contributed by atoms with Gasteiger partial charge in [0.05, 0.1) is 19.9 Å². The number of phosphoric ester groups is 1. The number of methoxy groups -OCH3 is 1. The van der Waals surface area contributed by atoms with Crippen LogP contribution in [0.4, 0.5) is 5.95 Å². The van der Waals surface area contributed by atoms with E-state index in [1.807, 2.05) is 0 Å². The van der Waals surface area contributed by atoms with E-state index in [4.69, 9.17) is 25.0 Å². The van der Waals surface area contributed by atoms with Crippen molar-refractivity contribution in [3.63, 3.8) is 0 Å². The minimum Gasteiger partial charge on any atom is -0.490 e. The van der Waals surface area contributed by atoms with Crippen LogP contribution >= 0.6 is 7.82 Å².